The van der Waals surface area contributed by atoms with Crippen molar-refractivity contribution < 1.29 is 0 Å². The Morgan fingerprint density at radius 1 is 1.27 bits per heavy atom. The maximum Gasteiger partial charge on any atom is -0.00722 e. The molecular weight excluding hydrogens is 180 g/mol. The second kappa shape index (κ2) is 4.15. The van der Waals surface area contributed by atoms with Crippen LogP contribution in [-0.2, 0) is 0 Å². The van der Waals surface area contributed by atoms with E-state index in [1.54, 1.807) is 0 Å². The Balaban J connectivity index is 2.06. The summed E-state index contributed by atoms with van der Waals surface area (Å²) in [4.78, 5) is 0. The molecule has 0 unspecified atom stereocenters. The van der Waals surface area contributed by atoms with Crippen molar-refractivity contribution in [3.05, 3.63) is 23.8 Å². The van der Waals surface area contributed by atoms with Crippen LogP contribution in [0, 0.1) is 11.3 Å². The molecule has 0 amide bonds. The molecule has 0 heteroatoms. The van der Waals surface area contributed by atoms with Gasteiger partial charge in [0.15, 0.2) is 0 Å². The first-order chi connectivity index (χ1) is 7.11. The highest BCUT2D eigenvalue weighted by Crippen LogP contribution is 2.47. The van der Waals surface area contributed by atoms with Crippen molar-refractivity contribution in [2.75, 3.05) is 0 Å². The molecular formula is C15H24. The lowest BCUT2D eigenvalue weighted by Crippen LogP contribution is -2.18. The minimum atomic E-state index is 0.515. The fraction of sp³-hybridized carbons (Fsp3) is 0.733. The quantitative estimate of drug-likeness (QED) is 0.528. The summed E-state index contributed by atoms with van der Waals surface area (Å²) in [7, 11) is 0. The minimum absolute atomic E-state index is 0.515. The first kappa shape index (κ1) is 11.0. The van der Waals surface area contributed by atoms with Gasteiger partial charge in [-0.1, -0.05) is 56.4 Å². The molecule has 2 aliphatic carbocycles. The fourth-order valence-corrected chi connectivity index (χ4v) is 3.37. The predicted molar refractivity (Wildman–Crippen MR) is 66.8 cm³/mol. The number of hydrogen-bond donors (Lipinski definition) is 0. The third kappa shape index (κ3) is 2.35. The highest BCUT2D eigenvalue weighted by atomic mass is 14.4. The van der Waals surface area contributed by atoms with Gasteiger partial charge in [-0.15, -0.1) is 0 Å². The molecule has 15 heavy (non-hydrogen) atoms. The highest BCUT2D eigenvalue weighted by Gasteiger charge is 2.33. The van der Waals surface area contributed by atoms with E-state index < -0.39 is 0 Å². The van der Waals surface area contributed by atoms with Gasteiger partial charge in [-0.05, 0) is 37.5 Å². The molecule has 0 atom stereocenters. The Labute approximate surface area is 94.5 Å². The van der Waals surface area contributed by atoms with Gasteiger partial charge in [0.05, 0.1) is 0 Å². The van der Waals surface area contributed by atoms with Gasteiger partial charge in [-0.3, -0.25) is 0 Å². The van der Waals surface area contributed by atoms with Crippen LogP contribution >= 0.6 is 0 Å². The summed E-state index contributed by atoms with van der Waals surface area (Å²) in [5, 5.41) is 0. The normalized spacial score (nSPS) is 37.6. The van der Waals surface area contributed by atoms with Crippen molar-refractivity contribution in [1.82, 2.24) is 0 Å². The average molecular weight is 204 g/mol. The molecule has 0 heterocycles. The monoisotopic (exact) mass is 204 g/mol. The molecule has 0 aromatic heterocycles. The maximum atomic E-state index is 4.19. The smallest absolute Gasteiger partial charge is 0.00722 e. The van der Waals surface area contributed by atoms with Crippen molar-refractivity contribution in [2.45, 2.75) is 58.8 Å². The lowest BCUT2D eigenvalue weighted by atomic mass is 9.74. The van der Waals surface area contributed by atoms with E-state index in [1.807, 2.05) is 0 Å². The van der Waals surface area contributed by atoms with Crippen molar-refractivity contribution in [3.8, 4) is 0 Å². The van der Waals surface area contributed by atoms with Crippen LogP contribution in [0.25, 0.3) is 0 Å². The van der Waals surface area contributed by atoms with E-state index in [0.717, 1.165) is 5.92 Å². The largest absolute Gasteiger partial charge is 0.0955 e. The van der Waals surface area contributed by atoms with E-state index in [4.69, 9.17) is 0 Å². The Hall–Kier alpha value is -0.520. The molecule has 0 aromatic rings. The van der Waals surface area contributed by atoms with E-state index >= 15 is 0 Å². The minimum Gasteiger partial charge on any atom is -0.0955 e. The van der Waals surface area contributed by atoms with Crippen molar-refractivity contribution >= 4 is 0 Å². The van der Waals surface area contributed by atoms with Crippen LogP contribution in [-0.4, -0.2) is 0 Å². The van der Waals surface area contributed by atoms with Crippen LogP contribution in [0.5, 0.6) is 0 Å². The summed E-state index contributed by atoms with van der Waals surface area (Å²) in [6, 6.07) is 0. The third-order valence-electron chi connectivity index (χ3n) is 4.39. The second-order valence-corrected chi connectivity index (χ2v) is 5.86. The molecule has 1 saturated carbocycles. The highest BCUT2D eigenvalue weighted by molar-refractivity contribution is 5.36. The van der Waals surface area contributed by atoms with E-state index in [-0.39, 0.29) is 0 Å². The molecule has 0 bridgehead atoms. The van der Waals surface area contributed by atoms with Crippen LogP contribution in [0.2, 0.25) is 0 Å². The van der Waals surface area contributed by atoms with Crippen LogP contribution in [0.3, 0.4) is 0 Å². The Morgan fingerprint density at radius 3 is 2.33 bits per heavy atom. The SMILES string of the molecule is C=C1CC2(C=C1C)CCCC(C)CCC2. The predicted octanol–water partition coefficient (Wildman–Crippen LogP) is 4.87. The summed E-state index contributed by atoms with van der Waals surface area (Å²) in [6.45, 7) is 8.83. The van der Waals surface area contributed by atoms with Crippen molar-refractivity contribution in [2.24, 2.45) is 11.3 Å². The van der Waals surface area contributed by atoms with Gasteiger partial charge in [0.2, 0.25) is 0 Å². The fourth-order valence-electron chi connectivity index (χ4n) is 3.37. The van der Waals surface area contributed by atoms with Gasteiger partial charge in [0.1, 0.15) is 0 Å². The van der Waals surface area contributed by atoms with Crippen molar-refractivity contribution in [3.63, 3.8) is 0 Å². The Kier molecular flexibility index (Phi) is 3.04. The molecule has 1 fully saturated rings. The van der Waals surface area contributed by atoms with Crippen LogP contribution in [0.1, 0.15) is 58.8 Å². The summed E-state index contributed by atoms with van der Waals surface area (Å²) in [5.74, 6) is 0.956. The van der Waals surface area contributed by atoms with Gasteiger partial charge in [0.25, 0.3) is 0 Å². The molecule has 2 rings (SSSR count). The zero-order chi connectivity index (χ0) is 10.9. The standard InChI is InChI=1S/C15H24/c1-12-6-4-8-15(9-5-7-12)10-13(2)14(3)11-15/h11-12H,2,4-10H2,1,3H3. The summed E-state index contributed by atoms with van der Waals surface area (Å²) < 4.78 is 0. The Bertz CT molecular complexity index is 272. The maximum absolute atomic E-state index is 4.19. The molecule has 0 N–H and O–H groups in total. The van der Waals surface area contributed by atoms with E-state index in [0.29, 0.717) is 5.41 Å². The molecule has 84 valence electrons. The van der Waals surface area contributed by atoms with Gasteiger partial charge >= 0.3 is 0 Å². The van der Waals surface area contributed by atoms with E-state index in [9.17, 15) is 0 Å². The zero-order valence-corrected chi connectivity index (χ0v) is 10.3. The lowest BCUT2D eigenvalue weighted by Gasteiger charge is -2.31. The summed E-state index contributed by atoms with van der Waals surface area (Å²) in [5.41, 5.74) is 3.37. The first-order valence-electron chi connectivity index (χ1n) is 6.49. The number of hydrogen-bond acceptors (Lipinski definition) is 0. The van der Waals surface area contributed by atoms with Gasteiger partial charge < -0.3 is 0 Å². The van der Waals surface area contributed by atoms with Gasteiger partial charge in [-0.2, -0.15) is 0 Å². The van der Waals surface area contributed by atoms with Crippen molar-refractivity contribution in [1.29, 1.82) is 0 Å². The van der Waals surface area contributed by atoms with Gasteiger partial charge in [-0.25, -0.2) is 0 Å². The molecule has 0 aliphatic heterocycles. The molecule has 0 saturated heterocycles. The van der Waals surface area contributed by atoms with Gasteiger partial charge in [0, 0.05) is 0 Å². The topological polar surface area (TPSA) is 0 Å². The van der Waals surface area contributed by atoms with E-state index in [1.165, 1.54) is 56.1 Å². The Morgan fingerprint density at radius 2 is 1.87 bits per heavy atom. The molecule has 0 aromatic carbocycles. The summed E-state index contributed by atoms with van der Waals surface area (Å²) in [6.07, 6.45) is 12.3. The molecule has 1 spiro atoms. The number of allylic oxidation sites excluding steroid dienone is 3. The first-order valence-corrected chi connectivity index (χ1v) is 6.49. The lowest BCUT2D eigenvalue weighted by molar-refractivity contribution is 0.261. The molecule has 0 nitrogen and oxygen atoms in total. The van der Waals surface area contributed by atoms with Crippen LogP contribution in [0.15, 0.2) is 23.8 Å². The number of rotatable bonds is 0. The van der Waals surface area contributed by atoms with Crippen LogP contribution in [0.4, 0.5) is 0 Å². The third-order valence-corrected chi connectivity index (χ3v) is 4.39. The van der Waals surface area contributed by atoms with E-state index in [2.05, 4.69) is 26.5 Å². The van der Waals surface area contributed by atoms with Crippen LogP contribution < -0.4 is 0 Å². The zero-order valence-electron chi connectivity index (χ0n) is 10.3. The second-order valence-electron chi connectivity index (χ2n) is 5.86. The average Bonchev–Trinajstić information content (AvgIpc) is 2.41. The molecule has 0 radical (unpaired) electrons. The molecule has 2 aliphatic rings. The summed E-state index contributed by atoms with van der Waals surface area (Å²) >= 11 is 0.